The van der Waals surface area contributed by atoms with Gasteiger partial charge in [0, 0.05) is 10.9 Å². The Kier molecular flexibility index (Phi) is 6.25. The molecule has 3 rings (SSSR count). The first kappa shape index (κ1) is 18.9. The van der Waals surface area contributed by atoms with Crippen molar-refractivity contribution in [2.45, 2.75) is 97.4 Å². The molecule has 1 saturated carbocycles. The van der Waals surface area contributed by atoms with Gasteiger partial charge in [0.15, 0.2) is 0 Å². The fraction of sp³-hybridized carbons (Fsp3) is 0.773. The van der Waals surface area contributed by atoms with Gasteiger partial charge in [0.05, 0.1) is 4.88 Å². The molecule has 1 N–H and O–H groups in total. The van der Waals surface area contributed by atoms with E-state index in [1.807, 2.05) is 0 Å². The number of aryl methyl sites for hydroxylation is 2. The third-order valence-corrected chi connectivity index (χ3v) is 8.04. The van der Waals surface area contributed by atoms with E-state index in [0.29, 0.717) is 11.5 Å². The second-order valence-corrected chi connectivity index (χ2v) is 9.97. The summed E-state index contributed by atoms with van der Waals surface area (Å²) in [5.74, 6) is 0.988. The minimum atomic E-state index is 0.176. The average Bonchev–Trinajstić information content (AvgIpc) is 2.97. The van der Waals surface area contributed by atoms with Crippen LogP contribution >= 0.6 is 11.3 Å². The fourth-order valence-electron chi connectivity index (χ4n) is 4.52. The molecule has 0 spiro atoms. The Balaban J connectivity index is 1.56. The molecule has 1 heterocycles. The third-order valence-electron chi connectivity index (χ3n) is 6.80. The summed E-state index contributed by atoms with van der Waals surface area (Å²) in [5, 5.41) is 3.34. The third kappa shape index (κ3) is 4.67. The van der Waals surface area contributed by atoms with Crippen molar-refractivity contribution in [3.63, 3.8) is 0 Å². The minimum absolute atomic E-state index is 0.176. The molecular formula is C22H35NOS. The van der Waals surface area contributed by atoms with Gasteiger partial charge in [0.25, 0.3) is 5.91 Å². The van der Waals surface area contributed by atoms with E-state index in [2.05, 4.69) is 32.2 Å². The quantitative estimate of drug-likeness (QED) is 0.686. The van der Waals surface area contributed by atoms with Crippen molar-refractivity contribution in [1.29, 1.82) is 0 Å². The Morgan fingerprint density at radius 2 is 1.80 bits per heavy atom. The van der Waals surface area contributed by atoms with E-state index >= 15 is 0 Å². The van der Waals surface area contributed by atoms with E-state index in [4.69, 9.17) is 0 Å². The molecule has 2 aliphatic carbocycles. The van der Waals surface area contributed by atoms with Gasteiger partial charge in [0.2, 0.25) is 0 Å². The highest BCUT2D eigenvalue weighted by molar-refractivity contribution is 7.14. The molecule has 0 atom stereocenters. The SMILES string of the molecule is CCC(C)(C)C1CCC(NC(=O)c2cc3c(s2)CCCCCC3)CC1. The number of carbonyl (C=O) groups excluding carboxylic acids is 1. The summed E-state index contributed by atoms with van der Waals surface area (Å²) >= 11 is 1.75. The molecule has 1 amide bonds. The van der Waals surface area contributed by atoms with E-state index in [0.717, 1.165) is 30.1 Å². The first-order valence-corrected chi connectivity index (χ1v) is 11.2. The van der Waals surface area contributed by atoms with Crippen molar-refractivity contribution in [2.24, 2.45) is 11.3 Å². The van der Waals surface area contributed by atoms with Gasteiger partial charge < -0.3 is 5.32 Å². The molecule has 0 unspecified atom stereocenters. The predicted octanol–water partition coefficient (Wildman–Crippen LogP) is 6.13. The molecule has 1 aromatic heterocycles. The maximum atomic E-state index is 12.7. The monoisotopic (exact) mass is 361 g/mol. The van der Waals surface area contributed by atoms with E-state index in [1.54, 1.807) is 11.3 Å². The maximum absolute atomic E-state index is 12.7. The van der Waals surface area contributed by atoms with Crippen LogP contribution < -0.4 is 5.32 Å². The normalized spacial score (nSPS) is 24.9. The number of nitrogens with one attached hydrogen (secondary N) is 1. The van der Waals surface area contributed by atoms with Gasteiger partial charge in [-0.15, -0.1) is 11.3 Å². The summed E-state index contributed by atoms with van der Waals surface area (Å²) in [6.07, 6.45) is 13.6. The van der Waals surface area contributed by atoms with Gasteiger partial charge >= 0.3 is 0 Å². The van der Waals surface area contributed by atoms with Crippen LogP contribution in [0, 0.1) is 11.3 Å². The van der Waals surface area contributed by atoms with Gasteiger partial charge in [-0.1, -0.05) is 40.0 Å². The molecule has 1 fully saturated rings. The maximum Gasteiger partial charge on any atom is 0.261 e. The first-order chi connectivity index (χ1) is 12.0. The Bertz CT molecular complexity index is 555. The lowest BCUT2D eigenvalue weighted by Crippen LogP contribution is -2.39. The van der Waals surface area contributed by atoms with Crippen molar-refractivity contribution < 1.29 is 4.79 Å². The van der Waals surface area contributed by atoms with Crippen LogP contribution in [0.15, 0.2) is 6.07 Å². The lowest BCUT2D eigenvalue weighted by atomic mass is 9.69. The molecule has 0 aliphatic heterocycles. The second-order valence-electron chi connectivity index (χ2n) is 8.84. The second kappa shape index (κ2) is 8.24. The lowest BCUT2D eigenvalue weighted by molar-refractivity contribution is 0.0897. The lowest BCUT2D eigenvalue weighted by Gasteiger charge is -2.39. The zero-order valence-corrected chi connectivity index (χ0v) is 17.1. The van der Waals surface area contributed by atoms with Crippen molar-refractivity contribution in [3.8, 4) is 0 Å². The molecule has 25 heavy (non-hydrogen) atoms. The molecule has 0 radical (unpaired) electrons. The Labute approximate surface area is 157 Å². The number of rotatable bonds is 4. The van der Waals surface area contributed by atoms with Crippen LogP contribution in [-0.4, -0.2) is 11.9 Å². The minimum Gasteiger partial charge on any atom is -0.349 e. The van der Waals surface area contributed by atoms with Crippen LogP contribution in [-0.2, 0) is 12.8 Å². The van der Waals surface area contributed by atoms with Gasteiger partial charge in [-0.2, -0.15) is 0 Å². The number of carbonyl (C=O) groups is 1. The fourth-order valence-corrected chi connectivity index (χ4v) is 5.68. The molecule has 2 nitrogen and oxygen atoms in total. The van der Waals surface area contributed by atoms with Crippen molar-refractivity contribution in [3.05, 3.63) is 21.4 Å². The van der Waals surface area contributed by atoms with Gasteiger partial charge in [-0.3, -0.25) is 4.79 Å². The molecule has 0 bridgehead atoms. The molecular weight excluding hydrogens is 326 g/mol. The van der Waals surface area contributed by atoms with Gasteiger partial charge in [0.1, 0.15) is 0 Å². The van der Waals surface area contributed by atoms with E-state index < -0.39 is 0 Å². The first-order valence-electron chi connectivity index (χ1n) is 10.4. The Morgan fingerprint density at radius 3 is 2.48 bits per heavy atom. The molecule has 140 valence electrons. The summed E-state index contributed by atoms with van der Waals surface area (Å²) in [5.41, 5.74) is 1.89. The van der Waals surface area contributed by atoms with Crippen LogP contribution in [0.4, 0.5) is 0 Å². The highest BCUT2D eigenvalue weighted by Crippen LogP contribution is 2.40. The van der Waals surface area contributed by atoms with Gasteiger partial charge in [-0.25, -0.2) is 0 Å². The van der Waals surface area contributed by atoms with E-state index in [1.165, 1.54) is 61.8 Å². The summed E-state index contributed by atoms with van der Waals surface area (Å²) in [7, 11) is 0. The van der Waals surface area contributed by atoms with Crippen LogP contribution in [0.1, 0.15) is 98.7 Å². The topological polar surface area (TPSA) is 29.1 Å². The summed E-state index contributed by atoms with van der Waals surface area (Å²) in [6, 6.07) is 2.56. The van der Waals surface area contributed by atoms with Crippen LogP contribution in [0.2, 0.25) is 0 Å². The smallest absolute Gasteiger partial charge is 0.261 e. The van der Waals surface area contributed by atoms with E-state index in [9.17, 15) is 4.79 Å². The van der Waals surface area contributed by atoms with Crippen LogP contribution in [0.3, 0.4) is 0 Å². The number of thiophene rings is 1. The highest BCUT2D eigenvalue weighted by atomic mass is 32.1. The highest BCUT2D eigenvalue weighted by Gasteiger charge is 2.32. The molecule has 0 saturated heterocycles. The van der Waals surface area contributed by atoms with Crippen LogP contribution in [0.5, 0.6) is 0 Å². The van der Waals surface area contributed by atoms with Crippen LogP contribution in [0.25, 0.3) is 0 Å². The average molecular weight is 362 g/mol. The van der Waals surface area contributed by atoms with E-state index in [-0.39, 0.29) is 5.91 Å². The molecule has 3 heteroatoms. The number of hydrogen-bond acceptors (Lipinski definition) is 2. The standard InChI is InChI=1S/C22H35NOS/c1-4-22(2,3)17-11-13-18(14-12-17)23-21(24)20-15-16-9-7-5-6-8-10-19(16)25-20/h15,17-18H,4-14H2,1-3H3,(H,23,24). The number of amides is 1. The van der Waals surface area contributed by atoms with Crippen molar-refractivity contribution >= 4 is 17.2 Å². The number of fused-ring (bicyclic) bond motifs is 1. The van der Waals surface area contributed by atoms with Crippen molar-refractivity contribution in [2.75, 3.05) is 0 Å². The molecule has 2 aliphatic rings. The number of hydrogen-bond donors (Lipinski definition) is 1. The Morgan fingerprint density at radius 1 is 1.12 bits per heavy atom. The van der Waals surface area contributed by atoms with Crippen molar-refractivity contribution in [1.82, 2.24) is 5.32 Å². The van der Waals surface area contributed by atoms with Gasteiger partial charge in [-0.05, 0) is 74.3 Å². The Hall–Kier alpha value is -0.830. The molecule has 0 aromatic carbocycles. The summed E-state index contributed by atoms with van der Waals surface area (Å²) < 4.78 is 0. The zero-order chi connectivity index (χ0) is 17.9. The summed E-state index contributed by atoms with van der Waals surface area (Å²) in [4.78, 5) is 15.2. The summed E-state index contributed by atoms with van der Waals surface area (Å²) in [6.45, 7) is 7.10. The molecule has 1 aromatic rings. The predicted molar refractivity (Wildman–Crippen MR) is 107 cm³/mol. The zero-order valence-electron chi connectivity index (χ0n) is 16.3. The largest absolute Gasteiger partial charge is 0.349 e.